The summed E-state index contributed by atoms with van der Waals surface area (Å²) < 4.78 is 28.3. The number of rotatable bonds is 4. The fourth-order valence-corrected chi connectivity index (χ4v) is 3.35. The molecule has 0 amide bonds. The SMILES string of the molecule is O=S1(=O)CCN(CCOc2cccc(C#CCO)c2)CC1. The van der Waals surface area contributed by atoms with Gasteiger partial charge in [-0.1, -0.05) is 17.9 Å². The lowest BCUT2D eigenvalue weighted by molar-refractivity contribution is 0.219. The van der Waals surface area contributed by atoms with Gasteiger partial charge in [0, 0.05) is 25.2 Å². The summed E-state index contributed by atoms with van der Waals surface area (Å²) in [5.41, 5.74) is 0.797. The van der Waals surface area contributed by atoms with E-state index in [-0.39, 0.29) is 18.1 Å². The normalized spacial score (nSPS) is 17.8. The lowest BCUT2D eigenvalue weighted by atomic mass is 10.2. The number of aliphatic hydroxyl groups is 1. The van der Waals surface area contributed by atoms with Gasteiger partial charge in [0.05, 0.1) is 11.5 Å². The Hall–Kier alpha value is -1.55. The molecule has 0 saturated carbocycles. The van der Waals surface area contributed by atoms with Crippen LogP contribution in [0.2, 0.25) is 0 Å². The van der Waals surface area contributed by atoms with E-state index in [1.54, 1.807) is 0 Å². The molecule has 1 aromatic rings. The highest BCUT2D eigenvalue weighted by atomic mass is 32.2. The molecule has 0 radical (unpaired) electrons. The minimum atomic E-state index is -2.83. The van der Waals surface area contributed by atoms with E-state index in [1.165, 1.54) is 0 Å². The Morgan fingerprint density at radius 2 is 2.05 bits per heavy atom. The van der Waals surface area contributed by atoms with E-state index in [9.17, 15) is 8.42 Å². The first kappa shape index (κ1) is 15.8. The van der Waals surface area contributed by atoms with E-state index in [0.29, 0.717) is 26.2 Å². The maximum Gasteiger partial charge on any atom is 0.152 e. The second-order valence-corrected chi connectivity index (χ2v) is 7.13. The quantitative estimate of drug-likeness (QED) is 0.802. The zero-order valence-corrected chi connectivity index (χ0v) is 12.6. The van der Waals surface area contributed by atoms with Crippen LogP contribution in [0.25, 0.3) is 0 Å². The summed E-state index contributed by atoms with van der Waals surface area (Å²) in [4.78, 5) is 2.09. The van der Waals surface area contributed by atoms with Crippen molar-refractivity contribution in [2.45, 2.75) is 0 Å². The summed E-state index contributed by atoms with van der Waals surface area (Å²) in [6.45, 7) is 2.21. The van der Waals surface area contributed by atoms with Crippen molar-refractivity contribution in [1.82, 2.24) is 4.90 Å². The Balaban J connectivity index is 1.79. The highest BCUT2D eigenvalue weighted by molar-refractivity contribution is 7.91. The Morgan fingerprint density at radius 3 is 2.76 bits per heavy atom. The molecule has 1 saturated heterocycles. The molecule has 6 heteroatoms. The van der Waals surface area contributed by atoms with Gasteiger partial charge >= 0.3 is 0 Å². The second kappa shape index (κ2) is 7.46. The summed E-state index contributed by atoms with van der Waals surface area (Å²) >= 11 is 0. The molecule has 1 aliphatic heterocycles. The van der Waals surface area contributed by atoms with E-state index in [1.807, 2.05) is 24.3 Å². The van der Waals surface area contributed by atoms with Crippen molar-refractivity contribution in [2.75, 3.05) is 44.4 Å². The Kier molecular flexibility index (Phi) is 5.62. The largest absolute Gasteiger partial charge is 0.492 e. The standard InChI is InChI=1S/C15H19NO4S/c17-9-2-4-14-3-1-5-15(13-14)20-10-6-16-7-11-21(18,19)12-8-16/h1,3,5,13,17H,6-12H2. The number of benzene rings is 1. The Morgan fingerprint density at radius 1 is 1.29 bits per heavy atom. The molecule has 1 fully saturated rings. The van der Waals surface area contributed by atoms with Crippen molar-refractivity contribution >= 4 is 9.84 Å². The molecule has 1 N–H and O–H groups in total. The monoisotopic (exact) mass is 309 g/mol. The molecule has 0 aliphatic carbocycles. The average Bonchev–Trinajstić information content (AvgIpc) is 2.47. The third kappa shape index (κ3) is 5.38. The highest BCUT2D eigenvalue weighted by Gasteiger charge is 2.20. The van der Waals surface area contributed by atoms with Crippen LogP contribution in [0.5, 0.6) is 5.75 Å². The van der Waals surface area contributed by atoms with Crippen LogP contribution >= 0.6 is 0 Å². The van der Waals surface area contributed by atoms with Gasteiger partial charge in [0.25, 0.3) is 0 Å². The van der Waals surface area contributed by atoms with Crippen LogP contribution in [-0.2, 0) is 9.84 Å². The molecular formula is C15H19NO4S. The lowest BCUT2D eigenvalue weighted by Gasteiger charge is -2.26. The van der Waals surface area contributed by atoms with E-state index in [0.717, 1.165) is 11.3 Å². The average molecular weight is 309 g/mol. The number of sulfone groups is 1. The van der Waals surface area contributed by atoms with Gasteiger partial charge < -0.3 is 9.84 Å². The smallest absolute Gasteiger partial charge is 0.152 e. The first-order valence-electron chi connectivity index (χ1n) is 6.84. The van der Waals surface area contributed by atoms with E-state index < -0.39 is 9.84 Å². The van der Waals surface area contributed by atoms with Gasteiger partial charge in [0.15, 0.2) is 9.84 Å². The Bertz CT molecular complexity index is 617. The van der Waals surface area contributed by atoms with Gasteiger partial charge in [0.2, 0.25) is 0 Å². The van der Waals surface area contributed by atoms with Crippen LogP contribution in [0.3, 0.4) is 0 Å². The molecule has 21 heavy (non-hydrogen) atoms. The third-order valence-electron chi connectivity index (χ3n) is 3.26. The van der Waals surface area contributed by atoms with E-state index >= 15 is 0 Å². The van der Waals surface area contributed by atoms with Crippen LogP contribution in [-0.4, -0.2) is 62.8 Å². The van der Waals surface area contributed by atoms with Crippen LogP contribution in [0.15, 0.2) is 24.3 Å². The molecule has 1 aromatic carbocycles. The van der Waals surface area contributed by atoms with Gasteiger partial charge in [-0.15, -0.1) is 0 Å². The van der Waals surface area contributed by atoms with Crippen molar-refractivity contribution in [3.63, 3.8) is 0 Å². The predicted octanol–water partition coefficient (Wildman–Crippen LogP) is 0.140. The van der Waals surface area contributed by atoms with Crippen LogP contribution < -0.4 is 4.74 Å². The molecule has 0 atom stereocenters. The minimum absolute atomic E-state index is 0.164. The summed E-state index contributed by atoms with van der Waals surface area (Å²) in [5.74, 6) is 6.62. The third-order valence-corrected chi connectivity index (χ3v) is 4.87. The van der Waals surface area contributed by atoms with Crippen LogP contribution in [0.4, 0.5) is 0 Å². The number of hydrogen-bond acceptors (Lipinski definition) is 5. The second-order valence-electron chi connectivity index (χ2n) is 4.83. The van der Waals surface area contributed by atoms with Crippen LogP contribution in [0, 0.1) is 11.8 Å². The molecule has 0 unspecified atom stereocenters. The van der Waals surface area contributed by atoms with Crippen molar-refractivity contribution in [2.24, 2.45) is 0 Å². The van der Waals surface area contributed by atoms with Gasteiger partial charge in [-0.3, -0.25) is 4.90 Å². The molecule has 0 spiro atoms. The molecule has 114 valence electrons. The predicted molar refractivity (Wildman–Crippen MR) is 81.0 cm³/mol. The maximum atomic E-state index is 11.3. The highest BCUT2D eigenvalue weighted by Crippen LogP contribution is 2.12. The Labute approximate surface area is 125 Å². The molecule has 1 aliphatic rings. The van der Waals surface area contributed by atoms with Crippen LogP contribution in [0.1, 0.15) is 5.56 Å². The number of ether oxygens (including phenoxy) is 1. The zero-order chi connectivity index (χ0) is 15.1. The summed E-state index contributed by atoms with van der Waals surface area (Å²) in [6.07, 6.45) is 0. The van der Waals surface area contributed by atoms with Gasteiger partial charge in [-0.2, -0.15) is 0 Å². The van der Waals surface area contributed by atoms with E-state index in [4.69, 9.17) is 9.84 Å². The first-order chi connectivity index (χ1) is 10.1. The van der Waals surface area contributed by atoms with Gasteiger partial charge in [-0.05, 0) is 18.2 Å². The number of hydrogen-bond donors (Lipinski definition) is 1. The zero-order valence-electron chi connectivity index (χ0n) is 11.8. The fraction of sp³-hybridized carbons (Fsp3) is 0.467. The first-order valence-corrected chi connectivity index (χ1v) is 8.66. The lowest BCUT2D eigenvalue weighted by Crippen LogP contribution is -2.42. The maximum absolute atomic E-state index is 11.3. The van der Waals surface area contributed by atoms with Crippen molar-refractivity contribution in [1.29, 1.82) is 0 Å². The van der Waals surface area contributed by atoms with E-state index in [2.05, 4.69) is 16.7 Å². The summed E-state index contributed by atoms with van der Waals surface area (Å²) in [5, 5.41) is 8.67. The molecule has 2 rings (SSSR count). The summed E-state index contributed by atoms with van der Waals surface area (Å²) in [7, 11) is -2.83. The number of nitrogens with zero attached hydrogens (tertiary/aromatic N) is 1. The van der Waals surface area contributed by atoms with Gasteiger partial charge in [0.1, 0.15) is 19.0 Å². The fourth-order valence-electron chi connectivity index (χ4n) is 2.07. The molecular weight excluding hydrogens is 290 g/mol. The number of aliphatic hydroxyl groups excluding tert-OH is 1. The topological polar surface area (TPSA) is 66.8 Å². The minimum Gasteiger partial charge on any atom is -0.492 e. The van der Waals surface area contributed by atoms with Crippen molar-refractivity contribution in [3.05, 3.63) is 29.8 Å². The van der Waals surface area contributed by atoms with Crippen molar-refractivity contribution < 1.29 is 18.3 Å². The molecule has 0 bridgehead atoms. The molecule has 1 heterocycles. The molecule has 0 aromatic heterocycles. The summed E-state index contributed by atoms with van der Waals surface area (Å²) in [6, 6.07) is 7.38. The van der Waals surface area contributed by atoms with Crippen molar-refractivity contribution in [3.8, 4) is 17.6 Å². The van der Waals surface area contributed by atoms with Gasteiger partial charge in [-0.25, -0.2) is 8.42 Å². The molecule has 5 nitrogen and oxygen atoms in total.